The van der Waals surface area contributed by atoms with E-state index in [4.69, 9.17) is 14.9 Å². The van der Waals surface area contributed by atoms with Crippen LogP contribution in [0.1, 0.15) is 48.1 Å². The number of hydrogen-bond acceptors (Lipinski definition) is 4. The molecule has 0 aromatic carbocycles. The van der Waals surface area contributed by atoms with Crippen LogP contribution < -0.4 is 5.32 Å². The Hall–Kier alpha value is -1.17. The van der Waals surface area contributed by atoms with Crippen LogP contribution in [0.15, 0.2) is 18.2 Å². The van der Waals surface area contributed by atoms with E-state index in [9.17, 15) is 0 Å². The van der Waals surface area contributed by atoms with Gasteiger partial charge in [0.25, 0.3) is 0 Å². The highest BCUT2D eigenvalue weighted by Crippen LogP contribution is 2.30. The number of rotatable bonds is 4. The van der Waals surface area contributed by atoms with Gasteiger partial charge < -0.3 is 14.8 Å². The Morgan fingerprint density at radius 3 is 3.00 bits per heavy atom. The lowest BCUT2D eigenvalue weighted by Crippen LogP contribution is -2.31. The zero-order chi connectivity index (χ0) is 14.5. The van der Waals surface area contributed by atoms with Crippen molar-refractivity contribution in [1.82, 2.24) is 5.32 Å². The Morgan fingerprint density at radius 1 is 1.29 bits per heavy atom. The summed E-state index contributed by atoms with van der Waals surface area (Å²) >= 11 is 1.72. The van der Waals surface area contributed by atoms with Gasteiger partial charge in [0.15, 0.2) is 6.29 Å². The Balaban J connectivity index is 1.52. The number of amidine groups is 1. The Labute approximate surface area is 129 Å². The molecule has 2 aliphatic heterocycles. The topological polar surface area (TPSA) is 54.3 Å². The van der Waals surface area contributed by atoms with Crippen LogP contribution in [0.2, 0.25) is 0 Å². The molecule has 0 amide bonds. The predicted molar refractivity (Wildman–Crippen MR) is 85.7 cm³/mol. The van der Waals surface area contributed by atoms with E-state index in [0.29, 0.717) is 25.1 Å². The van der Waals surface area contributed by atoms with E-state index >= 15 is 0 Å². The van der Waals surface area contributed by atoms with Crippen LogP contribution in [0.25, 0.3) is 6.08 Å². The lowest BCUT2D eigenvalue weighted by atomic mass is 10.1. The van der Waals surface area contributed by atoms with Crippen LogP contribution in [0.4, 0.5) is 0 Å². The fraction of sp³-hybridized carbons (Fsp3) is 0.562. The van der Waals surface area contributed by atoms with E-state index in [1.807, 2.05) is 0 Å². The summed E-state index contributed by atoms with van der Waals surface area (Å²) in [4.78, 5) is 2.37. The zero-order valence-corrected chi connectivity index (χ0v) is 13.0. The van der Waals surface area contributed by atoms with Gasteiger partial charge in [-0.1, -0.05) is 12.5 Å². The van der Waals surface area contributed by atoms with Gasteiger partial charge in [-0.3, -0.25) is 5.41 Å². The van der Waals surface area contributed by atoms with Gasteiger partial charge in [0.05, 0.1) is 23.9 Å². The second kappa shape index (κ2) is 7.20. The fourth-order valence-electron chi connectivity index (χ4n) is 2.72. The minimum Gasteiger partial charge on any atom is -0.371 e. The SMILES string of the molecule is N=C1CCCCC(C/C=C/c2ccc(C3OCCO3)s2)N1. The van der Waals surface area contributed by atoms with E-state index < -0.39 is 0 Å². The van der Waals surface area contributed by atoms with E-state index in [-0.39, 0.29) is 6.29 Å². The summed E-state index contributed by atoms with van der Waals surface area (Å²) in [6, 6.07) is 4.61. The smallest absolute Gasteiger partial charge is 0.193 e. The molecular formula is C16H22N2O2S. The molecule has 2 N–H and O–H groups in total. The van der Waals surface area contributed by atoms with Crippen molar-refractivity contribution in [2.24, 2.45) is 0 Å². The molecule has 0 bridgehead atoms. The van der Waals surface area contributed by atoms with Crippen LogP contribution >= 0.6 is 11.3 Å². The quantitative estimate of drug-likeness (QED) is 0.891. The third kappa shape index (κ3) is 4.15. The second-order valence-electron chi connectivity index (χ2n) is 5.52. The first-order chi connectivity index (χ1) is 10.3. The van der Waals surface area contributed by atoms with Crippen LogP contribution in [-0.4, -0.2) is 25.1 Å². The molecule has 0 aliphatic carbocycles. The van der Waals surface area contributed by atoms with Crippen molar-refractivity contribution < 1.29 is 9.47 Å². The molecule has 3 rings (SSSR count). The van der Waals surface area contributed by atoms with Gasteiger partial charge in [0.1, 0.15) is 0 Å². The molecule has 2 saturated heterocycles. The maximum atomic E-state index is 7.80. The van der Waals surface area contributed by atoms with E-state index in [2.05, 4.69) is 29.6 Å². The molecule has 21 heavy (non-hydrogen) atoms. The van der Waals surface area contributed by atoms with Gasteiger partial charge in [0, 0.05) is 17.3 Å². The highest BCUT2D eigenvalue weighted by molar-refractivity contribution is 7.12. The van der Waals surface area contributed by atoms with Crippen molar-refractivity contribution in [2.75, 3.05) is 13.2 Å². The van der Waals surface area contributed by atoms with Crippen molar-refractivity contribution in [2.45, 2.75) is 44.4 Å². The summed E-state index contributed by atoms with van der Waals surface area (Å²) in [6.07, 6.45) is 9.60. The van der Waals surface area contributed by atoms with Crippen LogP contribution in [0.5, 0.6) is 0 Å². The Kier molecular flexibility index (Phi) is 5.06. The number of nitrogens with one attached hydrogen (secondary N) is 2. The maximum absolute atomic E-state index is 7.80. The van der Waals surface area contributed by atoms with Gasteiger partial charge in [-0.25, -0.2) is 0 Å². The summed E-state index contributed by atoms with van der Waals surface area (Å²) in [5.74, 6) is 0.694. The summed E-state index contributed by atoms with van der Waals surface area (Å²) in [7, 11) is 0. The molecule has 2 aliphatic rings. The summed E-state index contributed by atoms with van der Waals surface area (Å²) < 4.78 is 11.0. The van der Waals surface area contributed by atoms with Crippen molar-refractivity contribution in [3.8, 4) is 0 Å². The molecule has 4 nitrogen and oxygen atoms in total. The third-order valence-corrected chi connectivity index (χ3v) is 4.88. The molecule has 5 heteroatoms. The first-order valence-corrected chi connectivity index (χ1v) is 8.46. The molecule has 1 aromatic rings. The molecule has 1 aromatic heterocycles. The molecular weight excluding hydrogens is 284 g/mol. The summed E-state index contributed by atoms with van der Waals surface area (Å²) in [5, 5.41) is 11.1. The average Bonchev–Trinajstić information content (AvgIpc) is 3.10. The monoisotopic (exact) mass is 306 g/mol. The fourth-order valence-corrected chi connectivity index (χ4v) is 3.66. The minimum absolute atomic E-state index is 0.166. The van der Waals surface area contributed by atoms with Gasteiger partial charge in [0.2, 0.25) is 0 Å². The molecule has 0 saturated carbocycles. The normalized spacial score (nSPS) is 24.4. The number of ether oxygens (including phenoxy) is 2. The standard InChI is InChI=1S/C16H22N2O2S/c17-15-7-2-1-4-12(18-15)5-3-6-13-8-9-14(21-13)16-19-10-11-20-16/h3,6,8-9,12,16H,1-2,4-5,7,10-11H2,(H2,17,18)/b6-3+. The lowest BCUT2D eigenvalue weighted by molar-refractivity contribution is -0.0413. The molecule has 0 spiro atoms. The van der Waals surface area contributed by atoms with E-state index in [1.165, 1.54) is 11.3 Å². The van der Waals surface area contributed by atoms with Gasteiger partial charge in [-0.2, -0.15) is 0 Å². The van der Waals surface area contributed by atoms with E-state index in [1.54, 1.807) is 11.3 Å². The van der Waals surface area contributed by atoms with Crippen LogP contribution in [0, 0.1) is 5.41 Å². The largest absolute Gasteiger partial charge is 0.371 e. The molecule has 2 fully saturated rings. The molecule has 1 unspecified atom stereocenters. The van der Waals surface area contributed by atoms with Gasteiger partial charge in [-0.15, -0.1) is 11.3 Å². The molecule has 3 heterocycles. The van der Waals surface area contributed by atoms with Crippen molar-refractivity contribution in [1.29, 1.82) is 5.41 Å². The highest BCUT2D eigenvalue weighted by Gasteiger charge is 2.19. The third-order valence-electron chi connectivity index (χ3n) is 3.81. The zero-order valence-electron chi connectivity index (χ0n) is 12.1. The molecule has 114 valence electrons. The lowest BCUT2D eigenvalue weighted by Gasteiger charge is -2.14. The van der Waals surface area contributed by atoms with Crippen molar-refractivity contribution in [3.63, 3.8) is 0 Å². The summed E-state index contributed by atoms with van der Waals surface area (Å²) in [5.41, 5.74) is 0. The first kappa shape index (κ1) is 14.8. The predicted octanol–water partition coefficient (Wildman–Crippen LogP) is 3.71. The second-order valence-corrected chi connectivity index (χ2v) is 6.66. The van der Waals surface area contributed by atoms with Crippen LogP contribution in [0.3, 0.4) is 0 Å². The number of hydrogen-bond donors (Lipinski definition) is 2. The van der Waals surface area contributed by atoms with E-state index in [0.717, 1.165) is 30.6 Å². The molecule has 0 radical (unpaired) electrons. The van der Waals surface area contributed by atoms with Crippen LogP contribution in [-0.2, 0) is 9.47 Å². The van der Waals surface area contributed by atoms with Gasteiger partial charge in [-0.05, 0) is 37.5 Å². The Morgan fingerprint density at radius 2 is 2.14 bits per heavy atom. The van der Waals surface area contributed by atoms with Gasteiger partial charge >= 0.3 is 0 Å². The summed E-state index contributed by atoms with van der Waals surface area (Å²) in [6.45, 7) is 1.38. The minimum atomic E-state index is -0.166. The Bertz CT molecular complexity index is 506. The average molecular weight is 306 g/mol. The van der Waals surface area contributed by atoms with Crippen molar-refractivity contribution >= 4 is 23.2 Å². The highest BCUT2D eigenvalue weighted by atomic mass is 32.1. The van der Waals surface area contributed by atoms with Crippen molar-refractivity contribution in [3.05, 3.63) is 28.0 Å². The molecule has 1 atom stereocenters. The maximum Gasteiger partial charge on any atom is 0.193 e. The number of thiophene rings is 1. The first-order valence-electron chi connectivity index (χ1n) is 7.65.